The van der Waals surface area contributed by atoms with Crippen LogP contribution in [0.25, 0.3) is 0 Å². The lowest BCUT2D eigenvalue weighted by Gasteiger charge is -2.14. The molecule has 6 nitrogen and oxygen atoms in total. The molecular weight excluding hydrogens is 256 g/mol. The molecule has 1 aromatic rings. The third-order valence-corrected chi connectivity index (χ3v) is 3.26. The highest BCUT2D eigenvalue weighted by molar-refractivity contribution is 5.92. The fourth-order valence-electron chi connectivity index (χ4n) is 2.10. The first-order chi connectivity index (χ1) is 9.81. The van der Waals surface area contributed by atoms with E-state index in [1.54, 1.807) is 0 Å². The Labute approximate surface area is 119 Å². The van der Waals surface area contributed by atoms with Crippen molar-refractivity contribution >= 4 is 11.9 Å². The molecule has 0 saturated carbocycles. The van der Waals surface area contributed by atoms with Gasteiger partial charge in [0.25, 0.3) is 5.91 Å². The molecule has 0 fully saturated rings. The number of ether oxygens (including phenoxy) is 1. The lowest BCUT2D eigenvalue weighted by molar-refractivity contribution is 0.0936. The van der Waals surface area contributed by atoms with Gasteiger partial charge < -0.3 is 19.9 Å². The first-order valence-corrected chi connectivity index (χ1v) is 7.48. The summed E-state index contributed by atoms with van der Waals surface area (Å²) in [7, 11) is 0. The van der Waals surface area contributed by atoms with Gasteiger partial charge in [-0.05, 0) is 19.3 Å². The number of rotatable bonds is 8. The Bertz CT molecular complexity index is 407. The Balaban J connectivity index is 1.66. The second-order valence-electron chi connectivity index (χ2n) is 5.00. The summed E-state index contributed by atoms with van der Waals surface area (Å²) < 4.78 is 7.44. The molecule has 0 spiro atoms. The van der Waals surface area contributed by atoms with Crippen LogP contribution in [-0.2, 0) is 11.3 Å². The molecule has 0 radical (unpaired) electrons. The molecule has 2 heterocycles. The average molecular weight is 280 g/mol. The van der Waals surface area contributed by atoms with Crippen LogP contribution >= 0.6 is 0 Å². The first-order valence-electron chi connectivity index (χ1n) is 7.48. The summed E-state index contributed by atoms with van der Waals surface area (Å²) >= 11 is 0. The zero-order chi connectivity index (χ0) is 14.2. The number of carbonyl (C=O) groups is 1. The Morgan fingerprint density at radius 1 is 1.50 bits per heavy atom. The van der Waals surface area contributed by atoms with Gasteiger partial charge in [-0.15, -0.1) is 0 Å². The van der Waals surface area contributed by atoms with Crippen molar-refractivity contribution in [2.24, 2.45) is 0 Å². The Hall–Kier alpha value is -1.56. The quantitative estimate of drug-likeness (QED) is 0.710. The normalized spacial score (nSPS) is 13.7. The molecule has 1 amide bonds. The van der Waals surface area contributed by atoms with E-state index in [1.807, 2.05) is 10.8 Å². The van der Waals surface area contributed by atoms with Crippen LogP contribution in [-0.4, -0.2) is 41.8 Å². The molecule has 0 aliphatic carbocycles. The summed E-state index contributed by atoms with van der Waals surface area (Å²) in [6, 6.07) is 0. The van der Waals surface area contributed by atoms with Crippen LogP contribution in [0.1, 0.15) is 43.1 Å². The number of unbranched alkanes of at least 4 members (excludes halogenated alkanes) is 1. The van der Waals surface area contributed by atoms with E-state index < -0.39 is 0 Å². The van der Waals surface area contributed by atoms with E-state index >= 15 is 0 Å². The van der Waals surface area contributed by atoms with Crippen molar-refractivity contribution < 1.29 is 9.53 Å². The first kappa shape index (κ1) is 14.8. The van der Waals surface area contributed by atoms with Gasteiger partial charge in [-0.25, -0.2) is 4.98 Å². The largest absolute Gasteiger partial charge is 0.381 e. The molecule has 0 bridgehead atoms. The lowest BCUT2D eigenvalue weighted by atomic mass is 10.3. The van der Waals surface area contributed by atoms with Crippen molar-refractivity contribution in [3.05, 3.63) is 11.9 Å². The Kier molecular flexibility index (Phi) is 5.86. The molecule has 0 aromatic carbocycles. The van der Waals surface area contributed by atoms with E-state index in [-0.39, 0.29) is 5.91 Å². The second kappa shape index (κ2) is 7.89. The van der Waals surface area contributed by atoms with Gasteiger partial charge in [0.2, 0.25) is 5.95 Å². The fourth-order valence-corrected chi connectivity index (χ4v) is 2.10. The number of anilines is 1. The summed E-state index contributed by atoms with van der Waals surface area (Å²) in [4.78, 5) is 16.2. The molecule has 2 rings (SSSR count). The molecule has 0 unspecified atom stereocenters. The van der Waals surface area contributed by atoms with Crippen LogP contribution in [0.4, 0.5) is 5.95 Å². The van der Waals surface area contributed by atoms with Crippen molar-refractivity contribution in [2.45, 2.75) is 39.2 Å². The number of aromatic nitrogens is 2. The van der Waals surface area contributed by atoms with E-state index in [4.69, 9.17) is 4.74 Å². The third-order valence-electron chi connectivity index (χ3n) is 3.26. The average Bonchev–Trinajstić information content (AvgIpc) is 2.90. The SMILES string of the molecule is CCCCOCCCNC(=O)c1cn2c(n1)NCCC2. The third kappa shape index (κ3) is 4.23. The molecule has 0 atom stereocenters. The molecule has 6 heteroatoms. The molecule has 112 valence electrons. The molecular formula is C14H24N4O2. The van der Waals surface area contributed by atoms with Gasteiger partial charge in [-0.2, -0.15) is 0 Å². The number of carbonyl (C=O) groups excluding carboxylic acids is 1. The van der Waals surface area contributed by atoms with Gasteiger partial charge in [0.1, 0.15) is 5.69 Å². The van der Waals surface area contributed by atoms with Crippen LogP contribution in [0.3, 0.4) is 0 Å². The van der Waals surface area contributed by atoms with Gasteiger partial charge in [-0.3, -0.25) is 4.79 Å². The summed E-state index contributed by atoms with van der Waals surface area (Å²) in [6.45, 7) is 6.12. The number of nitrogens with one attached hydrogen (secondary N) is 2. The highest BCUT2D eigenvalue weighted by Gasteiger charge is 2.15. The number of hydrogen-bond acceptors (Lipinski definition) is 4. The highest BCUT2D eigenvalue weighted by Crippen LogP contribution is 2.13. The molecule has 20 heavy (non-hydrogen) atoms. The number of hydrogen-bond donors (Lipinski definition) is 2. The zero-order valence-electron chi connectivity index (χ0n) is 12.2. The number of amides is 1. The van der Waals surface area contributed by atoms with E-state index in [1.165, 1.54) is 0 Å². The highest BCUT2D eigenvalue weighted by atomic mass is 16.5. The summed E-state index contributed by atoms with van der Waals surface area (Å²) in [6.07, 6.45) is 5.96. The van der Waals surface area contributed by atoms with E-state index in [0.717, 1.165) is 51.3 Å². The predicted octanol–water partition coefficient (Wildman–Crippen LogP) is 1.64. The van der Waals surface area contributed by atoms with Crippen LogP contribution in [0, 0.1) is 0 Å². The maximum absolute atomic E-state index is 11.9. The molecule has 1 aromatic heterocycles. The van der Waals surface area contributed by atoms with Crippen LogP contribution in [0.5, 0.6) is 0 Å². The maximum atomic E-state index is 11.9. The minimum Gasteiger partial charge on any atom is -0.381 e. The van der Waals surface area contributed by atoms with Gasteiger partial charge in [0.05, 0.1) is 0 Å². The number of imidazole rings is 1. The summed E-state index contributed by atoms with van der Waals surface area (Å²) in [5.74, 6) is 0.687. The smallest absolute Gasteiger partial charge is 0.271 e. The van der Waals surface area contributed by atoms with Gasteiger partial charge in [0.15, 0.2) is 0 Å². The van der Waals surface area contributed by atoms with Crippen molar-refractivity contribution in [1.29, 1.82) is 0 Å². The van der Waals surface area contributed by atoms with E-state index in [2.05, 4.69) is 22.5 Å². The Morgan fingerprint density at radius 3 is 3.15 bits per heavy atom. The monoisotopic (exact) mass is 280 g/mol. The summed E-state index contributed by atoms with van der Waals surface area (Å²) in [5.41, 5.74) is 0.487. The molecule has 1 aliphatic rings. The van der Waals surface area contributed by atoms with Crippen LogP contribution < -0.4 is 10.6 Å². The van der Waals surface area contributed by atoms with E-state index in [9.17, 15) is 4.79 Å². The predicted molar refractivity (Wildman–Crippen MR) is 78.0 cm³/mol. The number of nitrogens with zero attached hydrogens (tertiary/aromatic N) is 2. The van der Waals surface area contributed by atoms with E-state index in [0.29, 0.717) is 18.8 Å². The molecule has 2 N–H and O–H groups in total. The number of fused-ring (bicyclic) bond motifs is 1. The molecule has 1 aliphatic heterocycles. The van der Waals surface area contributed by atoms with Gasteiger partial charge in [-0.1, -0.05) is 13.3 Å². The minimum absolute atomic E-state index is 0.109. The number of aryl methyl sites for hydroxylation is 1. The second-order valence-corrected chi connectivity index (χ2v) is 5.00. The summed E-state index contributed by atoms with van der Waals surface area (Å²) in [5, 5.41) is 6.06. The lowest BCUT2D eigenvalue weighted by Crippen LogP contribution is -2.25. The van der Waals surface area contributed by atoms with Gasteiger partial charge >= 0.3 is 0 Å². The van der Waals surface area contributed by atoms with Crippen molar-refractivity contribution in [2.75, 3.05) is 31.6 Å². The van der Waals surface area contributed by atoms with Crippen molar-refractivity contribution in [3.63, 3.8) is 0 Å². The minimum atomic E-state index is -0.109. The standard InChI is InChI=1S/C14H24N4O2/c1-2-3-9-20-10-5-7-15-13(19)12-11-18-8-4-6-16-14(18)17-12/h11H,2-10H2,1H3,(H,15,19)(H,16,17). The maximum Gasteiger partial charge on any atom is 0.271 e. The topological polar surface area (TPSA) is 68.2 Å². The van der Waals surface area contributed by atoms with Crippen molar-refractivity contribution in [3.8, 4) is 0 Å². The van der Waals surface area contributed by atoms with Crippen molar-refractivity contribution in [1.82, 2.24) is 14.9 Å². The molecule has 0 saturated heterocycles. The van der Waals surface area contributed by atoms with Crippen LogP contribution in [0.2, 0.25) is 0 Å². The van der Waals surface area contributed by atoms with Crippen LogP contribution in [0.15, 0.2) is 6.20 Å². The van der Waals surface area contributed by atoms with Gasteiger partial charge in [0, 0.05) is 39.0 Å². The Morgan fingerprint density at radius 2 is 2.35 bits per heavy atom. The zero-order valence-corrected chi connectivity index (χ0v) is 12.2. The fraction of sp³-hybridized carbons (Fsp3) is 0.714.